The van der Waals surface area contributed by atoms with E-state index in [1.54, 1.807) is 6.07 Å². The number of nitrogens with one attached hydrogen (secondary N) is 2. The summed E-state index contributed by atoms with van der Waals surface area (Å²) in [6, 6.07) is 9.49. The van der Waals surface area contributed by atoms with Crippen LogP contribution in [0, 0.1) is 5.82 Å². The van der Waals surface area contributed by atoms with Gasteiger partial charge in [0.1, 0.15) is 18.1 Å². The molecular formula is C17H16FN3O5S. The van der Waals surface area contributed by atoms with Crippen molar-refractivity contribution < 1.29 is 27.5 Å². The van der Waals surface area contributed by atoms with Crippen molar-refractivity contribution in [2.24, 2.45) is 0 Å². The van der Waals surface area contributed by atoms with Crippen LogP contribution in [0.4, 0.5) is 10.1 Å². The van der Waals surface area contributed by atoms with Gasteiger partial charge in [0.05, 0.1) is 5.69 Å². The van der Waals surface area contributed by atoms with Crippen molar-refractivity contribution in [3.63, 3.8) is 0 Å². The van der Waals surface area contributed by atoms with Gasteiger partial charge < -0.3 is 10.4 Å². The molecule has 0 atom stereocenters. The van der Waals surface area contributed by atoms with Crippen molar-refractivity contribution in [3.8, 4) is 5.75 Å². The SMILES string of the molecule is O=C1CN(c2ccc(CCNC(=O)c3ccc(F)cc3)cc2O)S(=O)(=O)N1. The molecule has 27 heavy (non-hydrogen) atoms. The highest BCUT2D eigenvalue weighted by Gasteiger charge is 2.35. The van der Waals surface area contributed by atoms with Gasteiger partial charge in [0, 0.05) is 12.1 Å². The number of aromatic hydroxyl groups is 1. The second-order valence-electron chi connectivity index (χ2n) is 5.87. The van der Waals surface area contributed by atoms with Crippen molar-refractivity contribution in [3.05, 3.63) is 59.4 Å². The maximum Gasteiger partial charge on any atom is 0.326 e. The van der Waals surface area contributed by atoms with Gasteiger partial charge in [-0.1, -0.05) is 6.07 Å². The highest BCUT2D eigenvalue weighted by molar-refractivity contribution is 7.92. The monoisotopic (exact) mass is 393 g/mol. The van der Waals surface area contributed by atoms with Gasteiger partial charge in [0.15, 0.2) is 0 Å². The Morgan fingerprint density at radius 1 is 1.22 bits per heavy atom. The molecule has 0 aliphatic carbocycles. The van der Waals surface area contributed by atoms with Gasteiger partial charge in [-0.25, -0.2) is 13.4 Å². The fourth-order valence-electron chi connectivity index (χ4n) is 2.62. The van der Waals surface area contributed by atoms with E-state index in [0.29, 0.717) is 17.5 Å². The van der Waals surface area contributed by atoms with Gasteiger partial charge in [-0.15, -0.1) is 0 Å². The molecule has 0 aromatic heterocycles. The van der Waals surface area contributed by atoms with Crippen molar-refractivity contribution >= 4 is 27.7 Å². The molecule has 0 saturated carbocycles. The van der Waals surface area contributed by atoms with Crippen LogP contribution in [0.15, 0.2) is 42.5 Å². The van der Waals surface area contributed by atoms with E-state index in [1.807, 2.05) is 4.72 Å². The standard InChI is InChI=1S/C17H16FN3O5S/c18-13-4-2-12(3-5-13)17(24)19-8-7-11-1-6-14(15(22)9-11)21-10-16(23)20-27(21,25)26/h1-6,9,22H,7-8,10H2,(H,19,24)(H,20,23). The van der Waals surface area contributed by atoms with E-state index in [9.17, 15) is 27.5 Å². The van der Waals surface area contributed by atoms with E-state index in [-0.39, 0.29) is 23.9 Å². The zero-order chi connectivity index (χ0) is 19.6. The molecule has 8 nitrogen and oxygen atoms in total. The number of hydrogen-bond acceptors (Lipinski definition) is 5. The maximum absolute atomic E-state index is 12.9. The van der Waals surface area contributed by atoms with Gasteiger partial charge >= 0.3 is 10.2 Å². The number of rotatable bonds is 5. The van der Waals surface area contributed by atoms with Crippen molar-refractivity contribution in [2.45, 2.75) is 6.42 Å². The Balaban J connectivity index is 1.62. The highest BCUT2D eigenvalue weighted by atomic mass is 32.2. The Morgan fingerprint density at radius 2 is 1.93 bits per heavy atom. The van der Waals surface area contributed by atoms with Crippen molar-refractivity contribution in [2.75, 3.05) is 17.4 Å². The van der Waals surface area contributed by atoms with Crippen LogP contribution in [-0.4, -0.2) is 38.4 Å². The summed E-state index contributed by atoms with van der Waals surface area (Å²) < 4.78 is 39.1. The van der Waals surface area contributed by atoms with Gasteiger partial charge in [-0.2, -0.15) is 8.42 Å². The number of hydrogen-bond donors (Lipinski definition) is 3. The molecule has 0 bridgehead atoms. The molecule has 2 aromatic carbocycles. The summed E-state index contributed by atoms with van der Waals surface area (Å²) in [5.74, 6) is -1.76. The first-order chi connectivity index (χ1) is 12.8. The molecule has 1 heterocycles. The van der Waals surface area contributed by atoms with E-state index >= 15 is 0 Å². The zero-order valence-electron chi connectivity index (χ0n) is 14.0. The normalized spacial score (nSPS) is 15.4. The summed E-state index contributed by atoms with van der Waals surface area (Å²) >= 11 is 0. The molecule has 1 saturated heterocycles. The quantitative estimate of drug-likeness (QED) is 0.691. The predicted octanol–water partition coefficient (Wildman–Crippen LogP) is 0.685. The van der Waals surface area contributed by atoms with Crippen molar-refractivity contribution in [1.29, 1.82) is 0 Å². The molecule has 3 N–H and O–H groups in total. The average Bonchev–Trinajstić information content (AvgIpc) is 2.87. The van der Waals surface area contributed by atoms with E-state index in [0.717, 1.165) is 4.31 Å². The lowest BCUT2D eigenvalue weighted by Crippen LogP contribution is -2.29. The number of amides is 2. The third kappa shape index (κ3) is 4.17. The van der Waals surface area contributed by atoms with Gasteiger partial charge in [0.2, 0.25) is 0 Å². The maximum atomic E-state index is 12.9. The summed E-state index contributed by atoms with van der Waals surface area (Å²) in [4.78, 5) is 23.2. The molecule has 1 aliphatic rings. The number of nitrogens with zero attached hydrogens (tertiary/aromatic N) is 1. The zero-order valence-corrected chi connectivity index (χ0v) is 14.8. The molecule has 3 rings (SSSR count). The van der Waals surface area contributed by atoms with Gasteiger partial charge in [0.25, 0.3) is 11.8 Å². The third-order valence-corrected chi connectivity index (χ3v) is 5.33. The molecule has 0 unspecified atom stereocenters. The Hall–Kier alpha value is -3.14. The van der Waals surface area contributed by atoms with Gasteiger partial charge in [-0.3, -0.25) is 9.59 Å². The average molecular weight is 393 g/mol. The minimum Gasteiger partial charge on any atom is -0.506 e. The molecule has 0 spiro atoms. The fourth-order valence-corrected chi connectivity index (χ4v) is 3.78. The number of halogens is 1. The summed E-state index contributed by atoms with van der Waals surface area (Å²) in [7, 11) is -4.00. The Bertz CT molecular complexity index is 992. The Morgan fingerprint density at radius 3 is 2.52 bits per heavy atom. The van der Waals surface area contributed by atoms with E-state index < -0.39 is 28.5 Å². The lowest BCUT2D eigenvalue weighted by atomic mass is 10.1. The number of carbonyl (C=O) groups is 2. The number of phenols is 1. The van der Waals surface area contributed by atoms with Crippen LogP contribution in [0.3, 0.4) is 0 Å². The second kappa shape index (κ2) is 7.23. The number of anilines is 1. The van der Waals surface area contributed by atoms with Crippen LogP contribution in [0.1, 0.15) is 15.9 Å². The first kappa shape index (κ1) is 18.6. The molecule has 2 aromatic rings. The third-order valence-electron chi connectivity index (χ3n) is 3.93. The van der Waals surface area contributed by atoms with E-state index in [1.165, 1.54) is 36.4 Å². The molecular weight excluding hydrogens is 377 g/mol. The molecule has 0 radical (unpaired) electrons. The summed E-state index contributed by atoms with van der Waals surface area (Å²) in [6.07, 6.45) is 0.380. The van der Waals surface area contributed by atoms with Crippen LogP contribution in [-0.2, 0) is 21.4 Å². The molecule has 2 amide bonds. The van der Waals surface area contributed by atoms with Crippen LogP contribution in [0.25, 0.3) is 0 Å². The lowest BCUT2D eigenvalue weighted by Gasteiger charge is -2.16. The molecule has 1 aliphatic heterocycles. The molecule has 1 fully saturated rings. The molecule has 142 valence electrons. The predicted molar refractivity (Wildman–Crippen MR) is 95.0 cm³/mol. The second-order valence-corrected chi connectivity index (χ2v) is 7.47. The van der Waals surface area contributed by atoms with Crippen LogP contribution >= 0.6 is 0 Å². The summed E-state index contributed by atoms with van der Waals surface area (Å²) in [6.45, 7) is -0.139. The summed E-state index contributed by atoms with van der Waals surface area (Å²) in [5, 5.41) is 12.8. The van der Waals surface area contributed by atoms with Crippen LogP contribution in [0.5, 0.6) is 5.75 Å². The lowest BCUT2D eigenvalue weighted by molar-refractivity contribution is -0.117. The minimum atomic E-state index is -4.00. The highest BCUT2D eigenvalue weighted by Crippen LogP contribution is 2.31. The summed E-state index contributed by atoms with van der Waals surface area (Å²) in [5.41, 5.74) is 0.977. The minimum absolute atomic E-state index is 0.00699. The largest absolute Gasteiger partial charge is 0.506 e. The Labute approximate surface area is 154 Å². The van der Waals surface area contributed by atoms with Crippen molar-refractivity contribution in [1.82, 2.24) is 10.0 Å². The van der Waals surface area contributed by atoms with E-state index in [2.05, 4.69) is 5.32 Å². The smallest absolute Gasteiger partial charge is 0.326 e. The topological polar surface area (TPSA) is 116 Å². The number of carbonyl (C=O) groups excluding carboxylic acids is 2. The van der Waals surface area contributed by atoms with E-state index in [4.69, 9.17) is 0 Å². The van der Waals surface area contributed by atoms with Gasteiger partial charge in [-0.05, 0) is 48.4 Å². The van der Waals surface area contributed by atoms with Crippen LogP contribution < -0.4 is 14.3 Å². The fraction of sp³-hybridized carbons (Fsp3) is 0.176. The van der Waals surface area contributed by atoms with Crippen LogP contribution in [0.2, 0.25) is 0 Å². The number of phenolic OH excluding ortho intramolecular Hbond substituents is 1. The molecule has 10 heteroatoms. The first-order valence-electron chi connectivity index (χ1n) is 7.95. The number of benzene rings is 2. The Kier molecular flexibility index (Phi) is 5.00. The first-order valence-corrected chi connectivity index (χ1v) is 9.39.